The number of sulfonamides is 1. The summed E-state index contributed by atoms with van der Waals surface area (Å²) in [5.41, 5.74) is 6.17. The zero-order valence-corrected chi connectivity index (χ0v) is 13.5. The van der Waals surface area contributed by atoms with Crippen LogP contribution in [0.5, 0.6) is 0 Å². The fraction of sp³-hybridized carbons (Fsp3) is 0.692. The summed E-state index contributed by atoms with van der Waals surface area (Å²) in [7, 11) is -3.58. The van der Waals surface area contributed by atoms with Crippen molar-refractivity contribution in [1.82, 2.24) is 9.62 Å². The average molecular weight is 303 g/mol. The molecule has 0 saturated carbocycles. The third-order valence-corrected chi connectivity index (χ3v) is 5.07. The molecule has 1 rings (SSSR count). The molecular weight excluding hydrogens is 278 g/mol. The lowest BCUT2D eigenvalue weighted by molar-refractivity contribution is 0.309. The van der Waals surface area contributed by atoms with Crippen LogP contribution < -0.4 is 10.5 Å². The van der Waals surface area contributed by atoms with E-state index in [-0.39, 0.29) is 11.4 Å². The summed E-state index contributed by atoms with van der Waals surface area (Å²) >= 11 is 0. The Morgan fingerprint density at radius 3 is 2.30 bits per heavy atom. The van der Waals surface area contributed by atoms with Crippen molar-refractivity contribution in [1.29, 1.82) is 0 Å². The molecule has 1 aromatic rings. The molecule has 0 aliphatic carbocycles. The minimum atomic E-state index is -3.58. The van der Waals surface area contributed by atoms with Crippen molar-refractivity contribution in [2.75, 3.05) is 26.2 Å². The molecule has 0 amide bonds. The first-order chi connectivity index (χ1) is 9.37. The second-order valence-electron chi connectivity index (χ2n) is 4.65. The average Bonchev–Trinajstić information content (AvgIpc) is 2.69. The van der Waals surface area contributed by atoms with E-state index in [1.165, 1.54) is 0 Å². The van der Waals surface area contributed by atoms with Crippen molar-refractivity contribution < 1.29 is 12.8 Å². The smallest absolute Gasteiger partial charge is 0.244 e. The van der Waals surface area contributed by atoms with E-state index < -0.39 is 10.0 Å². The number of hydrogen-bond acceptors (Lipinski definition) is 5. The Labute approximate surface area is 121 Å². The summed E-state index contributed by atoms with van der Waals surface area (Å²) in [5.74, 6) is 0.951. The molecule has 0 spiro atoms. The van der Waals surface area contributed by atoms with Crippen LogP contribution in [0.25, 0.3) is 0 Å². The Balaban J connectivity index is 2.84. The third-order valence-electron chi connectivity index (χ3n) is 3.41. The molecule has 0 aliphatic rings. The van der Waals surface area contributed by atoms with E-state index in [9.17, 15) is 8.42 Å². The van der Waals surface area contributed by atoms with Crippen LogP contribution in [-0.4, -0.2) is 39.5 Å². The Morgan fingerprint density at radius 2 is 1.80 bits per heavy atom. The van der Waals surface area contributed by atoms with Gasteiger partial charge in [-0.1, -0.05) is 13.8 Å². The van der Waals surface area contributed by atoms with E-state index >= 15 is 0 Å². The summed E-state index contributed by atoms with van der Waals surface area (Å²) < 4.78 is 32.7. The molecule has 0 fully saturated rings. The van der Waals surface area contributed by atoms with Gasteiger partial charge in [-0.2, -0.15) is 0 Å². The largest absolute Gasteiger partial charge is 0.465 e. The summed E-state index contributed by atoms with van der Waals surface area (Å²) in [4.78, 5) is 2.34. The highest BCUT2D eigenvalue weighted by Gasteiger charge is 2.25. The van der Waals surface area contributed by atoms with Crippen molar-refractivity contribution >= 4 is 10.0 Å². The molecule has 0 aliphatic heterocycles. The molecule has 0 atom stereocenters. The second kappa shape index (κ2) is 7.21. The highest BCUT2D eigenvalue weighted by Crippen LogP contribution is 2.25. The molecule has 116 valence electrons. The lowest BCUT2D eigenvalue weighted by Gasteiger charge is -2.18. The quantitative estimate of drug-likeness (QED) is 0.747. The Hall–Kier alpha value is -0.890. The van der Waals surface area contributed by atoms with Crippen molar-refractivity contribution in [3.63, 3.8) is 0 Å². The van der Waals surface area contributed by atoms with Gasteiger partial charge >= 0.3 is 0 Å². The fourth-order valence-electron chi connectivity index (χ4n) is 2.25. The van der Waals surface area contributed by atoms with Gasteiger partial charge in [0, 0.05) is 25.2 Å². The highest BCUT2D eigenvalue weighted by molar-refractivity contribution is 7.89. The van der Waals surface area contributed by atoms with Gasteiger partial charge in [-0.15, -0.1) is 0 Å². The van der Waals surface area contributed by atoms with Crippen molar-refractivity contribution in [2.45, 2.75) is 39.1 Å². The molecule has 0 radical (unpaired) electrons. The number of nitrogens with two attached hydrogens (primary N) is 1. The van der Waals surface area contributed by atoms with Gasteiger partial charge in [-0.05, 0) is 26.9 Å². The van der Waals surface area contributed by atoms with Gasteiger partial charge in [-0.3, -0.25) is 0 Å². The van der Waals surface area contributed by atoms with Crippen molar-refractivity contribution in [3.05, 3.63) is 17.1 Å². The van der Waals surface area contributed by atoms with E-state index in [2.05, 4.69) is 9.62 Å². The minimum Gasteiger partial charge on any atom is -0.465 e. The van der Waals surface area contributed by atoms with Gasteiger partial charge < -0.3 is 15.1 Å². The Morgan fingerprint density at radius 1 is 1.20 bits per heavy atom. The number of nitrogens with one attached hydrogen (secondary N) is 1. The lowest BCUT2D eigenvalue weighted by Crippen LogP contribution is -2.35. The van der Waals surface area contributed by atoms with Gasteiger partial charge in [0.05, 0.1) is 0 Å². The minimum absolute atomic E-state index is 0.148. The Bertz CT molecular complexity index is 533. The number of likely N-dealkylation sites (N-methyl/N-ethyl adjacent to an activating group) is 1. The van der Waals surface area contributed by atoms with Crippen LogP contribution in [0.1, 0.15) is 30.9 Å². The molecule has 1 aromatic heterocycles. The summed E-state index contributed by atoms with van der Waals surface area (Å²) in [6.07, 6.45) is 0. The monoisotopic (exact) mass is 303 g/mol. The highest BCUT2D eigenvalue weighted by atomic mass is 32.2. The molecule has 0 aromatic carbocycles. The molecule has 0 saturated heterocycles. The van der Waals surface area contributed by atoms with E-state index in [0.717, 1.165) is 13.1 Å². The van der Waals surface area contributed by atoms with Gasteiger partial charge in [0.2, 0.25) is 10.0 Å². The van der Waals surface area contributed by atoms with Crippen LogP contribution >= 0.6 is 0 Å². The standard InChI is InChI=1S/C13H25N3O3S/c1-5-16(6-2)8-7-15-20(17,18)13-11(4)19-10(3)12(13)9-14/h15H,5-9,14H2,1-4H3. The van der Waals surface area contributed by atoms with E-state index in [4.69, 9.17) is 10.2 Å². The molecular formula is C13H25N3O3S. The summed E-state index contributed by atoms with van der Waals surface area (Å²) in [6, 6.07) is 0. The van der Waals surface area contributed by atoms with Gasteiger partial charge in [-0.25, -0.2) is 13.1 Å². The van der Waals surface area contributed by atoms with Crippen LogP contribution in [0.3, 0.4) is 0 Å². The van der Waals surface area contributed by atoms with Crippen molar-refractivity contribution in [2.24, 2.45) is 5.73 Å². The number of aryl methyl sites for hydroxylation is 2. The predicted octanol–water partition coefficient (Wildman–Crippen LogP) is 0.975. The van der Waals surface area contributed by atoms with E-state index in [1.54, 1.807) is 13.8 Å². The van der Waals surface area contributed by atoms with Crippen molar-refractivity contribution in [3.8, 4) is 0 Å². The maximum Gasteiger partial charge on any atom is 0.244 e. The van der Waals surface area contributed by atoms with Crippen LogP contribution in [0.15, 0.2) is 9.31 Å². The van der Waals surface area contributed by atoms with Gasteiger partial charge in [0.15, 0.2) is 0 Å². The molecule has 0 unspecified atom stereocenters. The molecule has 7 heteroatoms. The maximum absolute atomic E-state index is 12.4. The number of rotatable bonds is 8. The first-order valence-electron chi connectivity index (χ1n) is 6.88. The van der Waals surface area contributed by atoms with Crippen LogP contribution in [0.2, 0.25) is 0 Å². The SMILES string of the molecule is CCN(CC)CCNS(=O)(=O)c1c(C)oc(C)c1CN. The second-order valence-corrected chi connectivity index (χ2v) is 6.35. The van der Waals surface area contributed by atoms with E-state index in [0.29, 0.717) is 30.2 Å². The maximum atomic E-state index is 12.4. The summed E-state index contributed by atoms with van der Waals surface area (Å²) in [5, 5.41) is 0. The topological polar surface area (TPSA) is 88.6 Å². The molecule has 1 heterocycles. The molecule has 6 nitrogen and oxygen atoms in total. The molecule has 3 N–H and O–H groups in total. The number of nitrogens with zero attached hydrogens (tertiary/aromatic N) is 1. The first kappa shape index (κ1) is 17.2. The molecule has 0 bridgehead atoms. The zero-order chi connectivity index (χ0) is 15.3. The zero-order valence-electron chi connectivity index (χ0n) is 12.7. The van der Waals surface area contributed by atoms with Gasteiger partial charge in [0.1, 0.15) is 16.4 Å². The van der Waals surface area contributed by atoms with Crippen LogP contribution in [-0.2, 0) is 16.6 Å². The van der Waals surface area contributed by atoms with E-state index in [1.807, 2.05) is 13.8 Å². The summed E-state index contributed by atoms with van der Waals surface area (Å²) in [6.45, 7) is 10.5. The lowest BCUT2D eigenvalue weighted by atomic mass is 10.2. The number of furan rings is 1. The van der Waals surface area contributed by atoms with Gasteiger partial charge in [0.25, 0.3) is 0 Å². The third kappa shape index (κ3) is 3.82. The fourth-order valence-corrected chi connectivity index (χ4v) is 3.72. The number of hydrogen-bond donors (Lipinski definition) is 2. The first-order valence-corrected chi connectivity index (χ1v) is 8.36. The molecule has 20 heavy (non-hydrogen) atoms. The van der Waals surface area contributed by atoms with Crippen LogP contribution in [0, 0.1) is 13.8 Å². The van der Waals surface area contributed by atoms with Crippen LogP contribution in [0.4, 0.5) is 0 Å². The Kier molecular flexibility index (Phi) is 6.19. The predicted molar refractivity (Wildman–Crippen MR) is 79.0 cm³/mol. The normalized spacial score (nSPS) is 12.3.